The molecule has 0 saturated heterocycles. The summed E-state index contributed by atoms with van der Waals surface area (Å²) in [5.74, 6) is -0.0668. The van der Waals surface area contributed by atoms with Crippen molar-refractivity contribution in [2.75, 3.05) is 0 Å². The van der Waals surface area contributed by atoms with E-state index in [0.717, 1.165) is 5.56 Å². The minimum atomic E-state index is -4.41. The largest absolute Gasteiger partial charge is 0.508 e. The van der Waals surface area contributed by atoms with Crippen molar-refractivity contribution in [3.63, 3.8) is 0 Å². The quantitative estimate of drug-likeness (QED) is 0.877. The Labute approximate surface area is 116 Å². The topological polar surface area (TPSA) is 80.7 Å². The third-order valence-electron chi connectivity index (χ3n) is 2.56. The molecule has 1 N–H and O–H groups in total. The zero-order valence-corrected chi connectivity index (χ0v) is 11.4. The van der Waals surface area contributed by atoms with Crippen LogP contribution >= 0.6 is 0 Å². The molecule has 104 valence electrons. The molecule has 6 heteroatoms. The molecule has 0 bridgehead atoms. The molecule has 0 aromatic heterocycles. The highest BCUT2D eigenvalue weighted by atomic mass is 32.2. The van der Waals surface area contributed by atoms with Gasteiger partial charge in [0.15, 0.2) is 0 Å². The number of benzene rings is 2. The van der Waals surface area contributed by atoms with Crippen LogP contribution in [0.15, 0.2) is 48.5 Å². The minimum Gasteiger partial charge on any atom is -0.508 e. The van der Waals surface area contributed by atoms with Gasteiger partial charge in [0.25, 0.3) is 0 Å². The average Bonchev–Trinajstić information content (AvgIpc) is 2.41. The lowest BCUT2D eigenvalue weighted by Gasteiger charge is -2.06. The SMILES string of the molecule is Cc1ccc(C(=O)S(=O)(=O)Oc2ccc(O)cc2)cc1. The Hall–Kier alpha value is -2.34. The van der Waals surface area contributed by atoms with E-state index in [1.807, 2.05) is 6.92 Å². The van der Waals surface area contributed by atoms with Crippen LogP contribution in [0, 0.1) is 6.92 Å². The molecule has 0 spiro atoms. The second-order valence-electron chi connectivity index (χ2n) is 4.18. The monoisotopic (exact) mass is 292 g/mol. The number of hydrogen-bond donors (Lipinski definition) is 1. The standard InChI is InChI=1S/C14H12O5S/c1-10-2-4-11(5-3-10)14(16)20(17,18)19-13-8-6-12(15)7-9-13/h2-9,15H,1H3. The number of phenols is 1. The zero-order valence-electron chi connectivity index (χ0n) is 10.6. The van der Waals surface area contributed by atoms with Crippen LogP contribution in [-0.2, 0) is 10.1 Å². The Morgan fingerprint density at radius 3 is 2.10 bits per heavy atom. The van der Waals surface area contributed by atoms with Crippen molar-refractivity contribution in [3.05, 3.63) is 59.7 Å². The van der Waals surface area contributed by atoms with Crippen molar-refractivity contribution in [2.45, 2.75) is 6.92 Å². The van der Waals surface area contributed by atoms with Gasteiger partial charge in [-0.1, -0.05) is 17.7 Å². The lowest BCUT2D eigenvalue weighted by Crippen LogP contribution is -2.20. The first-order valence-electron chi connectivity index (χ1n) is 5.73. The number of aryl methyl sites for hydroxylation is 1. The van der Waals surface area contributed by atoms with Gasteiger partial charge in [-0.3, -0.25) is 4.79 Å². The maximum absolute atomic E-state index is 11.9. The van der Waals surface area contributed by atoms with Gasteiger partial charge in [-0.15, -0.1) is 0 Å². The summed E-state index contributed by atoms with van der Waals surface area (Å²) in [7, 11) is -4.41. The van der Waals surface area contributed by atoms with E-state index in [0.29, 0.717) is 0 Å². The Balaban J connectivity index is 2.24. The number of hydrogen-bond acceptors (Lipinski definition) is 5. The predicted molar refractivity (Wildman–Crippen MR) is 73.2 cm³/mol. The fourth-order valence-corrected chi connectivity index (χ4v) is 2.37. The van der Waals surface area contributed by atoms with Crippen LogP contribution in [0.5, 0.6) is 11.5 Å². The van der Waals surface area contributed by atoms with E-state index in [1.54, 1.807) is 12.1 Å². The molecule has 0 aliphatic rings. The zero-order chi connectivity index (χ0) is 14.8. The molecule has 0 unspecified atom stereocenters. The fourth-order valence-electron chi connectivity index (χ4n) is 1.50. The summed E-state index contributed by atoms with van der Waals surface area (Å²) >= 11 is 0. The van der Waals surface area contributed by atoms with Gasteiger partial charge in [0.2, 0.25) is 0 Å². The fraction of sp³-hybridized carbons (Fsp3) is 0.0714. The highest BCUT2D eigenvalue weighted by Gasteiger charge is 2.26. The number of carbonyl (C=O) groups excluding carboxylic acids is 1. The maximum atomic E-state index is 11.9. The smallest absolute Gasteiger partial charge is 0.378 e. The van der Waals surface area contributed by atoms with Crippen molar-refractivity contribution in [1.29, 1.82) is 0 Å². The molecule has 2 rings (SSSR count). The summed E-state index contributed by atoms with van der Waals surface area (Å²) in [6.07, 6.45) is 0. The lowest BCUT2D eigenvalue weighted by molar-refractivity contribution is 0.106. The molecule has 0 atom stereocenters. The van der Waals surface area contributed by atoms with Crippen molar-refractivity contribution in [2.24, 2.45) is 0 Å². The van der Waals surface area contributed by atoms with Gasteiger partial charge in [0.1, 0.15) is 11.5 Å². The Bertz CT molecular complexity index is 715. The maximum Gasteiger partial charge on any atom is 0.378 e. The van der Waals surface area contributed by atoms with E-state index in [1.165, 1.54) is 36.4 Å². The Morgan fingerprint density at radius 1 is 1.00 bits per heavy atom. The van der Waals surface area contributed by atoms with Gasteiger partial charge in [0.05, 0.1) is 0 Å². The molecule has 0 aliphatic carbocycles. The first-order valence-corrected chi connectivity index (χ1v) is 7.14. The van der Waals surface area contributed by atoms with Crippen LogP contribution in [0.3, 0.4) is 0 Å². The van der Waals surface area contributed by atoms with E-state index in [-0.39, 0.29) is 17.1 Å². The summed E-state index contributed by atoms with van der Waals surface area (Å²) in [6.45, 7) is 1.83. The lowest BCUT2D eigenvalue weighted by atomic mass is 10.2. The van der Waals surface area contributed by atoms with Gasteiger partial charge in [-0.2, -0.15) is 8.42 Å². The normalized spacial score (nSPS) is 11.1. The molecule has 0 saturated carbocycles. The number of carbonyl (C=O) groups is 1. The van der Waals surface area contributed by atoms with Crippen LogP contribution in [0.25, 0.3) is 0 Å². The van der Waals surface area contributed by atoms with E-state index in [4.69, 9.17) is 9.29 Å². The summed E-state index contributed by atoms with van der Waals surface area (Å²) in [5, 5.41) is 7.99. The summed E-state index contributed by atoms with van der Waals surface area (Å²) in [6, 6.07) is 11.2. The molecule has 2 aromatic carbocycles. The van der Waals surface area contributed by atoms with E-state index in [2.05, 4.69) is 0 Å². The van der Waals surface area contributed by atoms with Crippen LogP contribution in [0.2, 0.25) is 0 Å². The number of aromatic hydroxyl groups is 1. The molecule has 2 aromatic rings. The third kappa shape index (κ3) is 3.16. The summed E-state index contributed by atoms with van der Waals surface area (Å²) in [5.41, 5.74) is 0.952. The number of rotatable bonds is 3. The molecule has 0 heterocycles. The first-order chi connectivity index (χ1) is 9.38. The molecule has 5 nitrogen and oxygen atoms in total. The summed E-state index contributed by atoms with van der Waals surface area (Å²) in [4.78, 5) is 11.9. The molecule has 0 aliphatic heterocycles. The second kappa shape index (κ2) is 5.34. The van der Waals surface area contributed by atoms with Gasteiger partial charge in [-0.05, 0) is 43.3 Å². The Morgan fingerprint density at radius 2 is 1.55 bits per heavy atom. The van der Waals surface area contributed by atoms with Crippen LogP contribution < -0.4 is 4.18 Å². The van der Waals surface area contributed by atoms with Gasteiger partial charge in [0, 0.05) is 5.56 Å². The second-order valence-corrected chi connectivity index (χ2v) is 5.63. The minimum absolute atomic E-state index is 0.0281. The van der Waals surface area contributed by atoms with Crippen molar-refractivity contribution >= 4 is 15.2 Å². The molecule has 0 radical (unpaired) electrons. The molecular formula is C14H12O5S. The van der Waals surface area contributed by atoms with Crippen LogP contribution in [0.4, 0.5) is 0 Å². The van der Waals surface area contributed by atoms with Crippen LogP contribution in [0.1, 0.15) is 15.9 Å². The molecular weight excluding hydrogens is 280 g/mol. The molecule has 0 fully saturated rings. The highest BCUT2D eigenvalue weighted by Crippen LogP contribution is 2.19. The highest BCUT2D eigenvalue weighted by molar-refractivity contribution is 8.02. The van der Waals surface area contributed by atoms with Gasteiger partial charge in [-0.25, -0.2) is 0 Å². The third-order valence-corrected chi connectivity index (χ3v) is 3.66. The van der Waals surface area contributed by atoms with E-state index in [9.17, 15) is 13.2 Å². The van der Waals surface area contributed by atoms with Crippen molar-refractivity contribution in [3.8, 4) is 11.5 Å². The Kier molecular flexibility index (Phi) is 3.76. The average molecular weight is 292 g/mol. The summed E-state index contributed by atoms with van der Waals surface area (Å²) < 4.78 is 28.4. The van der Waals surface area contributed by atoms with E-state index >= 15 is 0 Å². The van der Waals surface area contributed by atoms with Crippen molar-refractivity contribution < 1.29 is 22.5 Å². The molecule has 20 heavy (non-hydrogen) atoms. The van der Waals surface area contributed by atoms with Crippen molar-refractivity contribution in [1.82, 2.24) is 0 Å². The molecule has 0 amide bonds. The van der Waals surface area contributed by atoms with E-state index < -0.39 is 15.2 Å². The predicted octanol–water partition coefficient (Wildman–Crippen LogP) is 2.25. The number of phenolic OH excluding ortho intramolecular Hbond substituents is 1. The van der Waals surface area contributed by atoms with Crippen LogP contribution in [-0.4, -0.2) is 18.6 Å². The van der Waals surface area contributed by atoms with Gasteiger partial charge < -0.3 is 9.29 Å². The van der Waals surface area contributed by atoms with Gasteiger partial charge >= 0.3 is 15.2 Å². The first kappa shape index (κ1) is 14.1.